The molecule has 1 aliphatic heterocycles. The quantitative estimate of drug-likeness (QED) is 0.385. The summed E-state index contributed by atoms with van der Waals surface area (Å²) in [6.45, 7) is 2.76. The Morgan fingerprint density at radius 3 is 2.34 bits per heavy atom. The van der Waals surface area contributed by atoms with Gasteiger partial charge in [0, 0.05) is 32.7 Å². The highest BCUT2D eigenvalue weighted by molar-refractivity contribution is 5.94. The molecule has 38 heavy (non-hydrogen) atoms. The van der Waals surface area contributed by atoms with Crippen LogP contribution in [0.4, 0.5) is 8.78 Å². The SMILES string of the molecule is COC(=O)c1ccc(COC(CN2CCN(C(=O)c3cc(F)ccc3F)CC2)c2cccc(OC)c2)cc1. The molecule has 0 aliphatic carbocycles. The van der Waals surface area contributed by atoms with E-state index in [1.54, 1.807) is 24.1 Å². The van der Waals surface area contributed by atoms with Crippen molar-refractivity contribution in [3.05, 3.63) is 101 Å². The number of carbonyl (C=O) groups is 2. The Morgan fingerprint density at radius 2 is 1.66 bits per heavy atom. The first-order valence-electron chi connectivity index (χ1n) is 12.3. The van der Waals surface area contributed by atoms with Crippen LogP contribution in [0.3, 0.4) is 0 Å². The second-order valence-electron chi connectivity index (χ2n) is 8.98. The van der Waals surface area contributed by atoms with Crippen LogP contribution in [0.15, 0.2) is 66.7 Å². The fourth-order valence-electron chi connectivity index (χ4n) is 4.35. The van der Waals surface area contributed by atoms with Gasteiger partial charge in [0.2, 0.25) is 0 Å². The molecule has 0 radical (unpaired) electrons. The van der Waals surface area contributed by atoms with Crippen molar-refractivity contribution < 1.29 is 32.6 Å². The van der Waals surface area contributed by atoms with E-state index in [1.807, 2.05) is 36.4 Å². The number of esters is 1. The molecule has 200 valence electrons. The standard InChI is InChI=1S/C29H30F2N2O5/c1-36-24-5-3-4-22(16-24)27(38-19-20-6-8-21(9-7-20)29(35)37-2)18-32-12-14-33(15-13-32)28(34)25-17-23(30)10-11-26(25)31/h3-11,16-17,27H,12-15,18-19H2,1-2H3. The van der Waals surface area contributed by atoms with E-state index in [9.17, 15) is 18.4 Å². The Morgan fingerprint density at radius 1 is 0.921 bits per heavy atom. The van der Waals surface area contributed by atoms with Crippen LogP contribution >= 0.6 is 0 Å². The number of halogens is 2. The third kappa shape index (κ3) is 6.73. The molecule has 3 aromatic carbocycles. The zero-order valence-electron chi connectivity index (χ0n) is 21.4. The maximum Gasteiger partial charge on any atom is 0.337 e. The molecule has 0 N–H and O–H groups in total. The molecule has 0 bridgehead atoms. The molecule has 1 unspecified atom stereocenters. The summed E-state index contributed by atoms with van der Waals surface area (Å²) >= 11 is 0. The summed E-state index contributed by atoms with van der Waals surface area (Å²) in [4.78, 5) is 28.2. The van der Waals surface area contributed by atoms with E-state index in [4.69, 9.17) is 14.2 Å². The molecular formula is C29H30F2N2O5. The lowest BCUT2D eigenvalue weighted by Gasteiger charge is -2.36. The van der Waals surface area contributed by atoms with Gasteiger partial charge >= 0.3 is 5.97 Å². The summed E-state index contributed by atoms with van der Waals surface area (Å²) in [5.41, 5.74) is 2.05. The molecule has 1 atom stereocenters. The third-order valence-electron chi connectivity index (χ3n) is 6.53. The molecule has 0 spiro atoms. The predicted molar refractivity (Wildman–Crippen MR) is 137 cm³/mol. The lowest BCUT2D eigenvalue weighted by atomic mass is 10.1. The molecule has 7 nitrogen and oxygen atoms in total. The monoisotopic (exact) mass is 524 g/mol. The summed E-state index contributed by atoms with van der Waals surface area (Å²) in [5.74, 6) is -1.58. The highest BCUT2D eigenvalue weighted by Crippen LogP contribution is 2.25. The van der Waals surface area contributed by atoms with Gasteiger partial charge in [0.05, 0.1) is 38.1 Å². The Labute approximate surface area is 220 Å². The van der Waals surface area contributed by atoms with Gasteiger partial charge in [0.25, 0.3) is 5.91 Å². The molecule has 1 heterocycles. The van der Waals surface area contributed by atoms with Gasteiger partial charge in [-0.1, -0.05) is 24.3 Å². The zero-order chi connectivity index (χ0) is 27.1. The second-order valence-corrected chi connectivity index (χ2v) is 8.98. The van der Waals surface area contributed by atoms with Gasteiger partial charge < -0.3 is 19.1 Å². The molecule has 9 heteroatoms. The number of ether oxygens (including phenoxy) is 3. The van der Waals surface area contributed by atoms with Crippen LogP contribution in [0, 0.1) is 11.6 Å². The number of methoxy groups -OCH3 is 2. The maximum absolute atomic E-state index is 14.1. The summed E-state index contributed by atoms with van der Waals surface area (Å²) < 4.78 is 44.1. The Hall–Kier alpha value is -3.82. The average Bonchev–Trinajstić information content (AvgIpc) is 2.96. The van der Waals surface area contributed by atoms with Crippen LogP contribution < -0.4 is 4.74 Å². The summed E-state index contributed by atoms with van der Waals surface area (Å²) in [6.07, 6.45) is -0.298. The zero-order valence-corrected chi connectivity index (χ0v) is 21.4. The number of nitrogens with zero attached hydrogens (tertiary/aromatic N) is 2. The normalized spacial score (nSPS) is 14.7. The first-order valence-corrected chi connectivity index (χ1v) is 12.3. The fraction of sp³-hybridized carbons (Fsp3) is 0.310. The first-order chi connectivity index (χ1) is 18.4. The summed E-state index contributed by atoms with van der Waals surface area (Å²) in [7, 11) is 2.95. The Kier molecular flexibility index (Phi) is 9.04. The van der Waals surface area contributed by atoms with Crippen LogP contribution in [0.2, 0.25) is 0 Å². The molecule has 1 amide bonds. The van der Waals surface area contributed by atoms with Crippen LogP contribution in [0.25, 0.3) is 0 Å². The summed E-state index contributed by atoms with van der Waals surface area (Å²) in [5, 5.41) is 0. The first kappa shape index (κ1) is 27.2. The Bertz CT molecular complexity index is 1260. The van der Waals surface area contributed by atoms with E-state index >= 15 is 0 Å². The minimum atomic E-state index is -0.732. The number of carbonyl (C=O) groups excluding carboxylic acids is 2. The van der Waals surface area contributed by atoms with Gasteiger partial charge in [-0.3, -0.25) is 9.69 Å². The van der Waals surface area contributed by atoms with Crippen LogP contribution in [-0.4, -0.2) is 68.6 Å². The van der Waals surface area contributed by atoms with Gasteiger partial charge in [0.1, 0.15) is 17.4 Å². The van der Waals surface area contributed by atoms with Crippen LogP contribution in [0.1, 0.15) is 37.9 Å². The van der Waals surface area contributed by atoms with Crippen molar-refractivity contribution in [2.75, 3.05) is 46.9 Å². The fourth-order valence-corrected chi connectivity index (χ4v) is 4.35. The van der Waals surface area contributed by atoms with E-state index in [-0.39, 0.29) is 11.7 Å². The molecule has 3 aromatic rings. The molecule has 0 saturated carbocycles. The maximum atomic E-state index is 14.1. The lowest BCUT2D eigenvalue weighted by Crippen LogP contribution is -2.49. The number of hydrogen-bond acceptors (Lipinski definition) is 6. The van der Waals surface area contributed by atoms with Crippen molar-refractivity contribution in [2.45, 2.75) is 12.7 Å². The highest BCUT2D eigenvalue weighted by atomic mass is 19.1. The van der Waals surface area contributed by atoms with Gasteiger partial charge in [-0.25, -0.2) is 13.6 Å². The molecule has 1 fully saturated rings. The van der Waals surface area contributed by atoms with E-state index in [2.05, 4.69) is 4.90 Å². The lowest BCUT2D eigenvalue weighted by molar-refractivity contribution is 0.00326. The molecule has 1 aliphatic rings. The van der Waals surface area contributed by atoms with Crippen molar-refractivity contribution in [1.29, 1.82) is 0 Å². The average molecular weight is 525 g/mol. The number of rotatable bonds is 9. The number of hydrogen-bond donors (Lipinski definition) is 0. The van der Waals surface area contributed by atoms with Crippen LogP contribution in [-0.2, 0) is 16.1 Å². The Balaban J connectivity index is 1.41. The minimum absolute atomic E-state index is 0.255. The highest BCUT2D eigenvalue weighted by Gasteiger charge is 2.26. The molecule has 4 rings (SSSR count). The van der Waals surface area contributed by atoms with E-state index in [0.29, 0.717) is 50.6 Å². The number of piperazine rings is 1. The van der Waals surface area contributed by atoms with Gasteiger partial charge in [0.15, 0.2) is 0 Å². The smallest absolute Gasteiger partial charge is 0.337 e. The minimum Gasteiger partial charge on any atom is -0.497 e. The number of benzene rings is 3. The molecule has 0 aromatic heterocycles. The molecular weight excluding hydrogens is 494 g/mol. The summed E-state index contributed by atoms with van der Waals surface area (Å²) in [6, 6.07) is 17.6. The van der Waals surface area contributed by atoms with Crippen molar-refractivity contribution in [2.24, 2.45) is 0 Å². The van der Waals surface area contributed by atoms with E-state index in [0.717, 1.165) is 29.3 Å². The van der Waals surface area contributed by atoms with Crippen LogP contribution in [0.5, 0.6) is 5.75 Å². The van der Waals surface area contributed by atoms with E-state index in [1.165, 1.54) is 7.11 Å². The van der Waals surface area contributed by atoms with Crippen molar-refractivity contribution in [3.63, 3.8) is 0 Å². The van der Waals surface area contributed by atoms with E-state index < -0.39 is 23.5 Å². The van der Waals surface area contributed by atoms with Gasteiger partial charge in [-0.05, 0) is 53.6 Å². The topological polar surface area (TPSA) is 68.3 Å². The predicted octanol–water partition coefficient (Wildman–Crippen LogP) is 4.48. The van der Waals surface area contributed by atoms with Crippen molar-refractivity contribution in [3.8, 4) is 5.75 Å². The largest absolute Gasteiger partial charge is 0.497 e. The second kappa shape index (κ2) is 12.6. The van der Waals surface area contributed by atoms with Gasteiger partial charge in [-0.15, -0.1) is 0 Å². The molecule has 1 saturated heterocycles. The third-order valence-corrected chi connectivity index (χ3v) is 6.53. The number of amides is 1. The van der Waals surface area contributed by atoms with Crippen molar-refractivity contribution in [1.82, 2.24) is 9.80 Å². The van der Waals surface area contributed by atoms with Gasteiger partial charge in [-0.2, -0.15) is 0 Å². The van der Waals surface area contributed by atoms with Crippen molar-refractivity contribution >= 4 is 11.9 Å².